The minimum atomic E-state index is -0.617. The summed E-state index contributed by atoms with van der Waals surface area (Å²) in [5, 5.41) is 9.26. The van der Waals surface area contributed by atoms with Gasteiger partial charge in [0.25, 0.3) is 0 Å². The molecule has 0 radical (unpaired) electrons. The van der Waals surface area contributed by atoms with Crippen LogP contribution in [-0.2, 0) is 4.79 Å². The van der Waals surface area contributed by atoms with E-state index in [-0.39, 0.29) is 6.04 Å². The van der Waals surface area contributed by atoms with Crippen LogP contribution in [0.4, 0.5) is 0 Å². The lowest BCUT2D eigenvalue weighted by Crippen LogP contribution is -2.51. The molecule has 0 spiro atoms. The third-order valence-electron chi connectivity index (χ3n) is 5.12. The number of nitrogens with zero attached hydrogens (tertiary/aromatic N) is 2. The smallest absolute Gasteiger partial charge is 0.320 e. The third-order valence-corrected chi connectivity index (χ3v) is 5.12. The van der Waals surface area contributed by atoms with Gasteiger partial charge in [0.2, 0.25) is 0 Å². The van der Waals surface area contributed by atoms with Gasteiger partial charge >= 0.3 is 5.97 Å². The fourth-order valence-electron chi connectivity index (χ4n) is 4.14. The zero-order valence-corrected chi connectivity index (χ0v) is 10.5. The Morgan fingerprint density at radius 1 is 1.12 bits per heavy atom. The van der Waals surface area contributed by atoms with Crippen molar-refractivity contribution in [1.29, 1.82) is 0 Å². The summed E-state index contributed by atoms with van der Waals surface area (Å²) in [7, 11) is 2.23. The van der Waals surface area contributed by atoms with Crippen molar-refractivity contribution < 1.29 is 9.90 Å². The van der Waals surface area contributed by atoms with Gasteiger partial charge in [0.1, 0.15) is 6.04 Å². The van der Waals surface area contributed by atoms with Crippen LogP contribution in [0.2, 0.25) is 0 Å². The van der Waals surface area contributed by atoms with Crippen LogP contribution in [0, 0.1) is 0 Å². The summed E-state index contributed by atoms with van der Waals surface area (Å²) < 4.78 is 0. The van der Waals surface area contributed by atoms with Crippen molar-refractivity contribution >= 4 is 5.97 Å². The first-order valence-electron chi connectivity index (χ1n) is 6.87. The fraction of sp³-hybridized carbons (Fsp3) is 0.923. The van der Waals surface area contributed by atoms with Crippen molar-refractivity contribution in [2.75, 3.05) is 13.6 Å². The molecule has 3 unspecified atom stereocenters. The average Bonchev–Trinajstić information content (AvgIpc) is 2.82. The first kappa shape index (κ1) is 11.5. The summed E-state index contributed by atoms with van der Waals surface area (Å²) in [6.45, 7) is 0.991. The second-order valence-corrected chi connectivity index (χ2v) is 5.91. The van der Waals surface area contributed by atoms with Gasteiger partial charge < -0.3 is 10.0 Å². The highest BCUT2D eigenvalue weighted by molar-refractivity contribution is 5.73. The summed E-state index contributed by atoms with van der Waals surface area (Å²) in [4.78, 5) is 16.0. The van der Waals surface area contributed by atoms with E-state index < -0.39 is 5.97 Å². The molecule has 0 aromatic heterocycles. The van der Waals surface area contributed by atoms with Crippen molar-refractivity contribution in [3.63, 3.8) is 0 Å². The van der Waals surface area contributed by atoms with E-state index in [1.165, 1.54) is 25.7 Å². The molecule has 0 aliphatic carbocycles. The highest BCUT2D eigenvalue weighted by atomic mass is 16.4. The van der Waals surface area contributed by atoms with Crippen LogP contribution in [0.3, 0.4) is 0 Å². The molecule has 0 aromatic carbocycles. The third kappa shape index (κ3) is 1.87. The summed E-state index contributed by atoms with van der Waals surface area (Å²) in [5.41, 5.74) is 0. The van der Waals surface area contributed by atoms with E-state index in [0.717, 1.165) is 19.4 Å². The molecule has 0 saturated carbocycles. The van der Waals surface area contributed by atoms with Gasteiger partial charge in [-0.15, -0.1) is 0 Å². The maximum absolute atomic E-state index is 11.2. The molecule has 96 valence electrons. The first-order valence-corrected chi connectivity index (χ1v) is 6.87. The van der Waals surface area contributed by atoms with Crippen LogP contribution < -0.4 is 0 Å². The number of hydrogen-bond acceptors (Lipinski definition) is 3. The Morgan fingerprint density at radius 2 is 1.76 bits per heavy atom. The predicted octanol–water partition coefficient (Wildman–Crippen LogP) is 1.16. The lowest BCUT2D eigenvalue weighted by Gasteiger charge is -2.41. The number of carboxylic acids is 1. The molecule has 4 heteroatoms. The largest absolute Gasteiger partial charge is 0.480 e. The van der Waals surface area contributed by atoms with Gasteiger partial charge in [0, 0.05) is 18.1 Å². The molecule has 3 fully saturated rings. The Hall–Kier alpha value is -0.610. The summed E-state index contributed by atoms with van der Waals surface area (Å²) in [6.07, 6.45) is 6.87. The van der Waals surface area contributed by atoms with E-state index in [1.807, 2.05) is 0 Å². The van der Waals surface area contributed by atoms with Gasteiger partial charge in [0.05, 0.1) is 0 Å². The van der Waals surface area contributed by atoms with Crippen LogP contribution >= 0.6 is 0 Å². The molecule has 3 saturated heterocycles. The lowest BCUT2D eigenvalue weighted by molar-refractivity contribution is -0.143. The number of rotatable bonds is 2. The monoisotopic (exact) mass is 238 g/mol. The van der Waals surface area contributed by atoms with Crippen LogP contribution in [0.1, 0.15) is 38.5 Å². The Morgan fingerprint density at radius 3 is 2.35 bits per heavy atom. The number of likely N-dealkylation sites (tertiary alicyclic amines) is 1. The molecule has 0 aromatic rings. The van der Waals surface area contributed by atoms with Crippen LogP contribution in [-0.4, -0.2) is 58.6 Å². The maximum atomic E-state index is 11.2. The van der Waals surface area contributed by atoms with Gasteiger partial charge in [-0.25, -0.2) is 0 Å². The van der Waals surface area contributed by atoms with Crippen LogP contribution in [0.5, 0.6) is 0 Å². The Labute approximate surface area is 103 Å². The van der Waals surface area contributed by atoms with E-state index >= 15 is 0 Å². The Balaban J connectivity index is 1.71. The molecule has 3 atom stereocenters. The van der Waals surface area contributed by atoms with Crippen molar-refractivity contribution in [3.05, 3.63) is 0 Å². The minimum Gasteiger partial charge on any atom is -0.480 e. The second kappa shape index (κ2) is 4.25. The molecule has 3 aliphatic heterocycles. The van der Waals surface area contributed by atoms with Gasteiger partial charge in [-0.1, -0.05) is 0 Å². The normalized spacial score (nSPS) is 43.1. The van der Waals surface area contributed by atoms with Gasteiger partial charge in [0.15, 0.2) is 0 Å². The van der Waals surface area contributed by atoms with E-state index in [4.69, 9.17) is 0 Å². The van der Waals surface area contributed by atoms with Crippen LogP contribution in [0.15, 0.2) is 0 Å². The Kier molecular flexibility index (Phi) is 2.87. The van der Waals surface area contributed by atoms with Crippen molar-refractivity contribution in [1.82, 2.24) is 9.80 Å². The maximum Gasteiger partial charge on any atom is 0.320 e. The van der Waals surface area contributed by atoms with E-state index in [0.29, 0.717) is 18.1 Å². The molecule has 2 bridgehead atoms. The molecular formula is C13H22N2O2. The van der Waals surface area contributed by atoms with Crippen molar-refractivity contribution in [2.45, 2.75) is 62.7 Å². The lowest BCUT2D eigenvalue weighted by atomic mass is 9.96. The summed E-state index contributed by atoms with van der Waals surface area (Å²) in [5.74, 6) is -0.617. The number of aliphatic carboxylic acids is 1. The second-order valence-electron chi connectivity index (χ2n) is 5.91. The summed E-state index contributed by atoms with van der Waals surface area (Å²) >= 11 is 0. The summed E-state index contributed by atoms with van der Waals surface area (Å²) in [6, 6.07) is 1.72. The fourth-order valence-corrected chi connectivity index (χ4v) is 4.14. The molecule has 0 amide bonds. The Bertz CT molecular complexity index is 307. The van der Waals surface area contributed by atoms with Gasteiger partial charge in [-0.05, 0) is 52.1 Å². The van der Waals surface area contributed by atoms with E-state index in [2.05, 4.69) is 16.8 Å². The molecule has 17 heavy (non-hydrogen) atoms. The highest BCUT2D eigenvalue weighted by Crippen LogP contribution is 2.38. The predicted molar refractivity (Wildman–Crippen MR) is 65.0 cm³/mol. The van der Waals surface area contributed by atoms with Crippen molar-refractivity contribution in [2.24, 2.45) is 0 Å². The van der Waals surface area contributed by atoms with E-state index in [9.17, 15) is 9.90 Å². The van der Waals surface area contributed by atoms with Gasteiger partial charge in [-0.3, -0.25) is 9.69 Å². The molecule has 3 rings (SSSR count). The molecule has 4 nitrogen and oxygen atoms in total. The molecule has 3 aliphatic rings. The number of fused-ring (bicyclic) bond motifs is 2. The number of hydrogen-bond donors (Lipinski definition) is 1. The molecular weight excluding hydrogens is 216 g/mol. The highest BCUT2D eigenvalue weighted by Gasteiger charge is 2.44. The SMILES string of the molecule is CN1C2CCC1CC(N1CCCC1C(=O)O)C2. The standard InChI is InChI=1S/C13H22N2O2/c1-14-9-4-5-10(14)8-11(7-9)15-6-2-3-12(15)13(16)17/h9-12H,2-8H2,1H3,(H,16,17). The number of piperidine rings is 1. The number of carboxylic acid groups (broad SMARTS) is 1. The zero-order chi connectivity index (χ0) is 12.0. The van der Waals surface area contributed by atoms with E-state index in [1.54, 1.807) is 0 Å². The topological polar surface area (TPSA) is 43.8 Å². The average molecular weight is 238 g/mol. The molecule has 3 heterocycles. The minimum absolute atomic E-state index is 0.206. The van der Waals surface area contributed by atoms with Crippen molar-refractivity contribution in [3.8, 4) is 0 Å². The zero-order valence-electron chi connectivity index (χ0n) is 10.5. The molecule has 1 N–H and O–H groups in total. The quantitative estimate of drug-likeness (QED) is 0.784. The van der Waals surface area contributed by atoms with Gasteiger partial charge in [-0.2, -0.15) is 0 Å². The first-order chi connectivity index (χ1) is 8.16. The van der Waals surface area contributed by atoms with Crippen LogP contribution in [0.25, 0.3) is 0 Å². The number of carbonyl (C=O) groups is 1.